The Balaban J connectivity index is 2.81. The largest absolute Gasteiger partial charge is 0.164 e. The Kier molecular flexibility index (Phi) is 1.02. The predicted octanol–water partition coefficient (Wildman–Crippen LogP) is 1.63. The third-order valence-electron chi connectivity index (χ3n) is 1.71. The van der Waals surface area contributed by atoms with Crippen LogP contribution in [-0.4, -0.2) is 6.04 Å². The van der Waals surface area contributed by atoms with Gasteiger partial charge in [-0.1, -0.05) is 13.8 Å². The molecule has 0 aromatic carbocycles. The van der Waals surface area contributed by atoms with Crippen molar-refractivity contribution in [2.45, 2.75) is 32.7 Å². The highest BCUT2D eigenvalue weighted by Gasteiger charge is 2.34. The number of rotatable bonds is 1. The molecule has 50 valence electrons. The standard InChI is InChI=1S/C7H12N2/c1-7(2)5-3-4-6(7)9-8/h5-6H,3-4H2,1-2H3/i3D,4D/t3-,4+,6?/m0/s1. The molecule has 2 nitrogen and oxygen atoms in total. The molecule has 1 fully saturated rings. The fourth-order valence-corrected chi connectivity index (χ4v) is 0.943. The van der Waals surface area contributed by atoms with Gasteiger partial charge in [0.05, 0.1) is 6.04 Å². The van der Waals surface area contributed by atoms with Crippen LogP contribution in [0.5, 0.6) is 0 Å². The number of nitrogens with zero attached hydrogens (tertiary/aromatic N) is 2. The molecule has 1 aliphatic rings. The van der Waals surface area contributed by atoms with Gasteiger partial charge >= 0.3 is 0 Å². The summed E-state index contributed by atoms with van der Waals surface area (Å²) in [5, 5.41) is 3.13. The van der Waals surface area contributed by atoms with Crippen LogP contribution in [-0.2, 0) is 0 Å². The summed E-state index contributed by atoms with van der Waals surface area (Å²) < 4.78 is 14.9. The normalized spacial score (nSPS) is 52.0. The molecule has 0 bridgehead atoms. The fraction of sp³-hybridized carbons (Fsp3) is 0.857. The lowest BCUT2D eigenvalue weighted by Crippen LogP contribution is -2.20. The van der Waals surface area contributed by atoms with E-state index in [4.69, 9.17) is 8.27 Å². The average molecular weight is 126 g/mol. The van der Waals surface area contributed by atoms with Crippen LogP contribution in [0.15, 0.2) is 5.11 Å². The minimum Gasteiger partial charge on any atom is -0.164 e. The van der Waals surface area contributed by atoms with E-state index in [1.54, 1.807) is 6.42 Å². The van der Waals surface area contributed by atoms with Crippen molar-refractivity contribution in [1.82, 2.24) is 5.53 Å². The van der Waals surface area contributed by atoms with Crippen LogP contribution in [0.4, 0.5) is 0 Å². The van der Waals surface area contributed by atoms with Gasteiger partial charge < -0.3 is 0 Å². The summed E-state index contributed by atoms with van der Waals surface area (Å²) in [6, 6.07) is -0.440. The van der Waals surface area contributed by atoms with Gasteiger partial charge in [0.15, 0.2) is 0 Å². The Bertz CT molecular complexity index is 170. The van der Waals surface area contributed by atoms with Gasteiger partial charge in [0.2, 0.25) is 0 Å². The fourth-order valence-electron chi connectivity index (χ4n) is 0.943. The van der Waals surface area contributed by atoms with Crippen LogP contribution < -0.4 is 5.53 Å². The molecule has 0 spiro atoms. The lowest BCUT2D eigenvalue weighted by atomic mass is 9.88. The summed E-state index contributed by atoms with van der Waals surface area (Å²) >= 11 is 0. The second kappa shape index (κ2) is 2.09. The van der Waals surface area contributed by atoms with Gasteiger partial charge in [0.25, 0.3) is 0 Å². The first kappa shape index (κ1) is 4.42. The first-order valence-corrected chi connectivity index (χ1v) is 3.04. The molecule has 0 heterocycles. The molecule has 1 saturated carbocycles. The van der Waals surface area contributed by atoms with Gasteiger partial charge in [-0.05, 0) is 30.2 Å². The summed E-state index contributed by atoms with van der Waals surface area (Å²) in [6.45, 7) is 3.76. The van der Waals surface area contributed by atoms with Crippen LogP contribution in [0.2, 0.25) is 0 Å². The van der Waals surface area contributed by atoms with E-state index in [-0.39, 0.29) is 5.41 Å². The van der Waals surface area contributed by atoms with E-state index in [1.165, 1.54) is 0 Å². The molecule has 2 heteroatoms. The SMILES string of the molecule is [2H][C@@H]1[CH]C(C)(C)C(N=[N])[C@@H]1[2H]. The molecule has 1 rings (SSSR count). The maximum absolute atomic E-state index is 8.59. The van der Waals surface area contributed by atoms with Gasteiger partial charge in [0, 0.05) is 2.74 Å². The smallest absolute Gasteiger partial charge is 0.0784 e. The van der Waals surface area contributed by atoms with Crippen molar-refractivity contribution in [3.63, 3.8) is 0 Å². The highest BCUT2D eigenvalue weighted by atomic mass is 15.0. The van der Waals surface area contributed by atoms with Crippen molar-refractivity contribution < 1.29 is 2.74 Å². The quantitative estimate of drug-likeness (QED) is 0.479. The summed E-state index contributed by atoms with van der Waals surface area (Å²) in [5.74, 6) is 0. The van der Waals surface area contributed by atoms with Crippen LogP contribution in [0.25, 0.3) is 0 Å². The molecular weight excluding hydrogens is 112 g/mol. The van der Waals surface area contributed by atoms with E-state index in [9.17, 15) is 0 Å². The predicted molar refractivity (Wildman–Crippen MR) is 35.7 cm³/mol. The first-order valence-electron chi connectivity index (χ1n) is 4.19. The van der Waals surface area contributed by atoms with E-state index in [1.807, 2.05) is 13.8 Å². The van der Waals surface area contributed by atoms with Crippen LogP contribution in [0, 0.1) is 11.8 Å². The Labute approximate surface area is 59.0 Å². The van der Waals surface area contributed by atoms with Crippen molar-refractivity contribution in [1.29, 1.82) is 0 Å². The lowest BCUT2D eigenvalue weighted by Gasteiger charge is -2.20. The van der Waals surface area contributed by atoms with Crippen molar-refractivity contribution in [2.75, 3.05) is 0 Å². The molecule has 0 aromatic rings. The summed E-state index contributed by atoms with van der Waals surface area (Å²) in [7, 11) is 0. The summed E-state index contributed by atoms with van der Waals surface area (Å²) in [5.41, 5.74) is 8.28. The number of hydrogen-bond acceptors (Lipinski definition) is 1. The van der Waals surface area contributed by atoms with Gasteiger partial charge in [0.1, 0.15) is 0 Å². The molecule has 0 amide bonds. The Morgan fingerprint density at radius 1 is 1.89 bits per heavy atom. The van der Waals surface area contributed by atoms with Crippen LogP contribution in [0.3, 0.4) is 0 Å². The monoisotopic (exact) mass is 126 g/mol. The van der Waals surface area contributed by atoms with Gasteiger partial charge in [-0.15, -0.1) is 0 Å². The molecule has 0 N–H and O–H groups in total. The Morgan fingerprint density at radius 3 is 2.78 bits per heavy atom. The molecule has 1 unspecified atom stereocenters. The highest BCUT2D eigenvalue weighted by Crippen LogP contribution is 2.37. The van der Waals surface area contributed by atoms with Crippen LogP contribution >= 0.6 is 0 Å². The zero-order valence-electron chi connectivity index (χ0n) is 7.70. The lowest BCUT2D eigenvalue weighted by molar-refractivity contribution is 0.381. The molecule has 2 radical (unpaired) electrons. The molecule has 0 aromatic heterocycles. The zero-order chi connectivity index (χ0) is 8.65. The van der Waals surface area contributed by atoms with E-state index >= 15 is 0 Å². The molecule has 3 atom stereocenters. The third-order valence-corrected chi connectivity index (χ3v) is 1.71. The van der Waals surface area contributed by atoms with Crippen molar-refractivity contribution >= 4 is 0 Å². The Hall–Kier alpha value is -0.400. The highest BCUT2D eigenvalue weighted by molar-refractivity contribution is 5.00. The average Bonchev–Trinajstić information content (AvgIpc) is 2.03. The van der Waals surface area contributed by atoms with E-state index in [2.05, 4.69) is 5.11 Å². The van der Waals surface area contributed by atoms with Crippen molar-refractivity contribution in [3.05, 3.63) is 6.42 Å². The maximum atomic E-state index is 8.59. The van der Waals surface area contributed by atoms with Gasteiger partial charge in [-0.3, -0.25) is 0 Å². The van der Waals surface area contributed by atoms with E-state index < -0.39 is 18.8 Å². The molecule has 0 saturated heterocycles. The zero-order valence-corrected chi connectivity index (χ0v) is 5.70. The van der Waals surface area contributed by atoms with Gasteiger partial charge in [-0.2, -0.15) is 5.11 Å². The molecular formula is C7H12N2. The minimum atomic E-state index is -0.616. The molecule has 9 heavy (non-hydrogen) atoms. The van der Waals surface area contributed by atoms with Crippen LogP contribution in [0.1, 0.15) is 29.4 Å². The van der Waals surface area contributed by atoms with Crippen molar-refractivity contribution in [3.8, 4) is 0 Å². The Morgan fingerprint density at radius 2 is 2.56 bits per heavy atom. The van der Waals surface area contributed by atoms with Gasteiger partial charge in [-0.25, -0.2) is 0 Å². The van der Waals surface area contributed by atoms with E-state index in [0.717, 1.165) is 0 Å². The van der Waals surface area contributed by atoms with Crippen molar-refractivity contribution in [2.24, 2.45) is 10.5 Å². The summed E-state index contributed by atoms with van der Waals surface area (Å²) in [4.78, 5) is 0. The molecule has 1 aliphatic carbocycles. The first-order chi connectivity index (χ1) is 4.99. The van der Waals surface area contributed by atoms with E-state index in [0.29, 0.717) is 0 Å². The second-order valence-electron chi connectivity index (χ2n) is 2.93. The third kappa shape index (κ3) is 1.12. The minimum absolute atomic E-state index is 0.312. The maximum Gasteiger partial charge on any atom is 0.0784 e. The number of hydrogen-bond donors (Lipinski definition) is 0. The second-order valence-corrected chi connectivity index (χ2v) is 2.93. The molecule has 0 aliphatic heterocycles. The summed E-state index contributed by atoms with van der Waals surface area (Å²) in [6.07, 6.45) is 0.621. The topological polar surface area (TPSA) is 34.7 Å².